The Labute approximate surface area is 216 Å². The third-order valence-electron chi connectivity index (χ3n) is 6.50. The van der Waals surface area contributed by atoms with E-state index in [9.17, 15) is 10.2 Å². The predicted octanol–water partition coefficient (Wildman–Crippen LogP) is 8.32. The van der Waals surface area contributed by atoms with E-state index in [1.54, 1.807) is 12.4 Å². The lowest BCUT2D eigenvalue weighted by Gasteiger charge is -2.21. The smallest absolute Gasteiger partial charge is 0.127 e. The molecule has 0 spiro atoms. The van der Waals surface area contributed by atoms with Crippen LogP contribution in [0.5, 0.6) is 11.5 Å². The molecule has 3 rings (SSSR count). The Morgan fingerprint density at radius 2 is 1.00 bits per heavy atom. The van der Waals surface area contributed by atoms with Gasteiger partial charge in [0.1, 0.15) is 11.5 Å². The first-order chi connectivity index (χ1) is 16.8. The van der Waals surface area contributed by atoms with E-state index in [2.05, 4.69) is 53.7 Å². The fourth-order valence-electron chi connectivity index (χ4n) is 4.00. The molecule has 0 aliphatic carbocycles. The summed E-state index contributed by atoms with van der Waals surface area (Å²) >= 11 is 0. The molecule has 3 aromatic rings. The molecule has 0 fully saturated rings. The van der Waals surface area contributed by atoms with Crippen molar-refractivity contribution in [3.63, 3.8) is 0 Å². The second-order valence-corrected chi connectivity index (χ2v) is 11.4. The molecule has 0 saturated carbocycles. The van der Waals surface area contributed by atoms with Crippen molar-refractivity contribution in [2.24, 2.45) is 9.98 Å². The van der Waals surface area contributed by atoms with Crippen molar-refractivity contribution >= 4 is 23.8 Å². The van der Waals surface area contributed by atoms with Gasteiger partial charge in [-0.05, 0) is 70.2 Å². The minimum Gasteiger partial charge on any atom is -0.507 e. The lowest BCUT2D eigenvalue weighted by molar-refractivity contribution is 0.466. The molecule has 2 N–H and O–H groups in total. The average molecular weight is 485 g/mol. The maximum atomic E-state index is 10.8. The Kier molecular flexibility index (Phi) is 8.08. The van der Waals surface area contributed by atoms with Gasteiger partial charge < -0.3 is 10.2 Å². The molecule has 0 unspecified atom stereocenters. The second-order valence-electron chi connectivity index (χ2n) is 11.4. The van der Waals surface area contributed by atoms with Crippen LogP contribution >= 0.6 is 0 Å². The number of phenolic OH excluding ortho intramolecular Hbond substituents is 2. The highest BCUT2D eigenvalue weighted by Crippen LogP contribution is 2.34. The van der Waals surface area contributed by atoms with Crippen molar-refractivity contribution < 1.29 is 10.2 Å². The molecule has 190 valence electrons. The molecule has 4 nitrogen and oxygen atoms in total. The molecular weight excluding hydrogens is 444 g/mol. The van der Waals surface area contributed by atoms with Crippen molar-refractivity contribution in [1.82, 2.24) is 0 Å². The number of rotatable bonds is 6. The number of benzene rings is 3. The molecule has 0 bridgehead atoms. The van der Waals surface area contributed by atoms with Gasteiger partial charge >= 0.3 is 0 Å². The minimum atomic E-state index is -0.0383. The van der Waals surface area contributed by atoms with E-state index in [0.29, 0.717) is 22.5 Å². The van der Waals surface area contributed by atoms with Gasteiger partial charge in [-0.2, -0.15) is 0 Å². The largest absolute Gasteiger partial charge is 0.507 e. The predicted molar refractivity (Wildman–Crippen MR) is 153 cm³/mol. The third-order valence-corrected chi connectivity index (χ3v) is 6.50. The Balaban J connectivity index is 2.02. The van der Waals surface area contributed by atoms with Gasteiger partial charge in [-0.1, -0.05) is 79.7 Å². The molecule has 0 saturated heterocycles. The van der Waals surface area contributed by atoms with Crippen LogP contribution in [0.25, 0.3) is 0 Å². The summed E-state index contributed by atoms with van der Waals surface area (Å²) in [6.07, 6.45) is 4.92. The van der Waals surface area contributed by atoms with Crippen molar-refractivity contribution in [3.05, 3.63) is 81.9 Å². The molecule has 0 aliphatic heterocycles. The summed E-state index contributed by atoms with van der Waals surface area (Å²) in [4.78, 5) is 9.40. The molecule has 0 aliphatic rings. The Morgan fingerprint density at radius 1 is 0.639 bits per heavy atom. The van der Waals surface area contributed by atoms with Crippen LogP contribution in [0.3, 0.4) is 0 Å². The fourth-order valence-corrected chi connectivity index (χ4v) is 4.00. The molecule has 3 aromatic carbocycles. The standard InChI is InChI=1S/C32H40N2O2/c1-9-21-15-25(31(3,4)5)17-23(29(21)35)19-33-27-13-11-12-14-28(27)34-20-24-18-26(32(6,7)8)16-22(10-2)30(24)36/h11-20,35-36H,9-10H2,1-8H3/b33-19-,34-20+. The molecule has 36 heavy (non-hydrogen) atoms. The summed E-state index contributed by atoms with van der Waals surface area (Å²) in [6.45, 7) is 17.1. The Morgan fingerprint density at radius 3 is 1.31 bits per heavy atom. The number of aromatic hydroxyl groups is 2. The highest BCUT2D eigenvalue weighted by Gasteiger charge is 2.19. The summed E-state index contributed by atoms with van der Waals surface area (Å²) in [5, 5.41) is 21.6. The van der Waals surface area contributed by atoms with Crippen LogP contribution in [0.15, 0.2) is 58.5 Å². The van der Waals surface area contributed by atoms with Crippen LogP contribution in [0.1, 0.15) is 88.8 Å². The summed E-state index contributed by atoms with van der Waals surface area (Å²) in [6, 6.07) is 15.8. The topological polar surface area (TPSA) is 65.2 Å². The van der Waals surface area contributed by atoms with E-state index >= 15 is 0 Å². The summed E-state index contributed by atoms with van der Waals surface area (Å²) in [5.74, 6) is 0.539. The van der Waals surface area contributed by atoms with Gasteiger partial charge in [-0.15, -0.1) is 0 Å². The lowest BCUT2D eigenvalue weighted by atomic mass is 9.84. The maximum Gasteiger partial charge on any atom is 0.127 e. The van der Waals surface area contributed by atoms with Crippen molar-refractivity contribution in [1.29, 1.82) is 0 Å². The molecule has 0 heterocycles. The minimum absolute atomic E-state index is 0.0383. The quantitative estimate of drug-likeness (QED) is 0.345. The van der Waals surface area contributed by atoms with Gasteiger partial charge in [0.05, 0.1) is 11.4 Å². The number of phenols is 2. The number of nitrogens with zero attached hydrogens (tertiary/aromatic N) is 2. The van der Waals surface area contributed by atoms with Crippen molar-refractivity contribution in [2.45, 2.75) is 79.1 Å². The SMILES string of the molecule is CCc1cc(C(C)(C)C)cc(/C=N\c2ccccc2/N=C/c2cc(C(C)(C)C)cc(CC)c2O)c1O. The first-order valence-corrected chi connectivity index (χ1v) is 12.7. The van der Waals surface area contributed by atoms with Crippen molar-refractivity contribution in [2.75, 3.05) is 0 Å². The summed E-state index contributed by atoms with van der Waals surface area (Å²) in [7, 11) is 0. The number of aryl methyl sites for hydroxylation is 2. The number of aliphatic imine (C=N–C) groups is 2. The third kappa shape index (κ3) is 6.23. The highest BCUT2D eigenvalue weighted by atomic mass is 16.3. The molecule has 0 aromatic heterocycles. The zero-order valence-corrected chi connectivity index (χ0v) is 23.0. The lowest BCUT2D eigenvalue weighted by Crippen LogP contribution is -2.12. The van der Waals surface area contributed by atoms with Crippen LogP contribution in [-0.4, -0.2) is 22.6 Å². The first kappa shape index (κ1) is 27.2. The zero-order valence-electron chi connectivity index (χ0n) is 23.0. The number of hydrogen-bond donors (Lipinski definition) is 2. The monoisotopic (exact) mass is 484 g/mol. The summed E-state index contributed by atoms with van der Waals surface area (Å²) in [5.41, 5.74) is 6.84. The van der Waals surface area contributed by atoms with E-state index in [0.717, 1.165) is 35.1 Å². The Hall–Kier alpha value is -3.40. The van der Waals surface area contributed by atoms with Crippen LogP contribution in [-0.2, 0) is 23.7 Å². The first-order valence-electron chi connectivity index (χ1n) is 12.7. The van der Waals surface area contributed by atoms with Crippen LogP contribution < -0.4 is 0 Å². The maximum absolute atomic E-state index is 10.8. The van der Waals surface area contributed by atoms with Gasteiger partial charge in [0.15, 0.2) is 0 Å². The Bertz CT molecular complexity index is 1190. The van der Waals surface area contributed by atoms with Gasteiger partial charge in [-0.25, -0.2) is 0 Å². The van der Waals surface area contributed by atoms with Crippen LogP contribution in [0.4, 0.5) is 11.4 Å². The van der Waals surface area contributed by atoms with Crippen LogP contribution in [0.2, 0.25) is 0 Å². The average Bonchev–Trinajstić information content (AvgIpc) is 2.81. The van der Waals surface area contributed by atoms with E-state index < -0.39 is 0 Å². The van der Waals surface area contributed by atoms with E-state index in [4.69, 9.17) is 9.98 Å². The molecule has 0 radical (unpaired) electrons. The number of para-hydroxylation sites is 2. The fraction of sp³-hybridized carbons (Fsp3) is 0.375. The highest BCUT2D eigenvalue weighted by molar-refractivity contribution is 5.90. The van der Waals surface area contributed by atoms with Crippen molar-refractivity contribution in [3.8, 4) is 11.5 Å². The molecular formula is C32H40N2O2. The second kappa shape index (κ2) is 10.7. The van der Waals surface area contributed by atoms with Gasteiger partial charge in [0.25, 0.3) is 0 Å². The molecule has 0 amide bonds. The van der Waals surface area contributed by atoms with Crippen LogP contribution in [0, 0.1) is 0 Å². The number of hydrogen-bond acceptors (Lipinski definition) is 4. The summed E-state index contributed by atoms with van der Waals surface area (Å²) < 4.78 is 0. The van der Waals surface area contributed by atoms with Gasteiger partial charge in [0, 0.05) is 23.6 Å². The van der Waals surface area contributed by atoms with Gasteiger partial charge in [0.2, 0.25) is 0 Å². The normalized spacial score (nSPS) is 12.7. The van der Waals surface area contributed by atoms with E-state index in [1.807, 2.05) is 50.2 Å². The molecule has 4 heteroatoms. The zero-order chi connectivity index (χ0) is 26.7. The van der Waals surface area contributed by atoms with E-state index in [-0.39, 0.29) is 22.3 Å². The molecule has 0 atom stereocenters. The van der Waals surface area contributed by atoms with E-state index in [1.165, 1.54) is 0 Å². The van der Waals surface area contributed by atoms with Gasteiger partial charge in [-0.3, -0.25) is 9.98 Å².